The fraction of sp³-hybridized carbons (Fsp3) is 0.278. The SMILES string of the molecule is COC(=O)c1cc(O)c(NS(=O)(=O)c2ccc(C(C)NC(C)=O)s2)cc1C(=O)OC. The van der Waals surface area contributed by atoms with Gasteiger partial charge in [-0.2, -0.15) is 0 Å². The van der Waals surface area contributed by atoms with Crippen molar-refractivity contribution >= 4 is 44.9 Å². The maximum atomic E-state index is 12.7. The molecule has 0 aliphatic rings. The zero-order valence-corrected chi connectivity index (χ0v) is 18.1. The third-order valence-electron chi connectivity index (χ3n) is 3.90. The molecule has 30 heavy (non-hydrogen) atoms. The van der Waals surface area contributed by atoms with E-state index in [-0.39, 0.29) is 26.9 Å². The number of hydrogen-bond acceptors (Lipinski definition) is 9. The van der Waals surface area contributed by atoms with Crippen LogP contribution in [0.25, 0.3) is 0 Å². The number of methoxy groups -OCH3 is 2. The molecule has 0 spiro atoms. The standard InChI is InChI=1S/C18H20N2O8S2/c1-9(19-10(2)21)15-5-6-16(29-15)30(25,26)20-13-7-11(17(23)27-3)12(8-14(13)22)18(24)28-4/h5-9,20,22H,1-4H3,(H,19,21). The predicted octanol–water partition coefficient (Wildman–Crippen LogP) is 2.02. The molecule has 1 unspecified atom stereocenters. The zero-order valence-electron chi connectivity index (χ0n) is 16.5. The van der Waals surface area contributed by atoms with E-state index in [1.807, 2.05) is 0 Å². The van der Waals surface area contributed by atoms with E-state index in [0.29, 0.717) is 4.88 Å². The van der Waals surface area contributed by atoms with E-state index < -0.39 is 33.8 Å². The van der Waals surface area contributed by atoms with Gasteiger partial charge in [0.2, 0.25) is 5.91 Å². The van der Waals surface area contributed by atoms with E-state index >= 15 is 0 Å². The largest absolute Gasteiger partial charge is 0.506 e. The van der Waals surface area contributed by atoms with E-state index in [0.717, 1.165) is 37.7 Å². The van der Waals surface area contributed by atoms with E-state index in [1.54, 1.807) is 13.0 Å². The lowest BCUT2D eigenvalue weighted by Gasteiger charge is -2.13. The van der Waals surface area contributed by atoms with Gasteiger partial charge < -0.3 is 19.9 Å². The molecule has 1 aromatic carbocycles. The van der Waals surface area contributed by atoms with Crippen molar-refractivity contribution in [3.63, 3.8) is 0 Å². The topological polar surface area (TPSA) is 148 Å². The lowest BCUT2D eigenvalue weighted by Crippen LogP contribution is -2.22. The Balaban J connectivity index is 2.41. The van der Waals surface area contributed by atoms with Gasteiger partial charge in [-0.05, 0) is 31.2 Å². The van der Waals surface area contributed by atoms with Gasteiger partial charge in [-0.1, -0.05) is 0 Å². The van der Waals surface area contributed by atoms with Crippen LogP contribution in [-0.2, 0) is 24.3 Å². The molecule has 12 heteroatoms. The van der Waals surface area contributed by atoms with Crippen molar-refractivity contribution in [1.29, 1.82) is 0 Å². The Kier molecular flexibility index (Phi) is 7.05. The minimum absolute atomic E-state index is 0.0780. The molecule has 10 nitrogen and oxygen atoms in total. The molecular weight excluding hydrogens is 436 g/mol. The molecular formula is C18H20N2O8S2. The Bertz CT molecular complexity index is 1090. The van der Waals surface area contributed by atoms with Gasteiger partial charge in [-0.25, -0.2) is 18.0 Å². The van der Waals surface area contributed by atoms with Crippen molar-refractivity contribution in [2.24, 2.45) is 0 Å². The van der Waals surface area contributed by atoms with E-state index in [9.17, 15) is 27.9 Å². The molecule has 0 aliphatic heterocycles. The van der Waals surface area contributed by atoms with Gasteiger partial charge in [0.25, 0.3) is 10.0 Å². The molecule has 2 aromatic rings. The highest BCUT2D eigenvalue weighted by Crippen LogP contribution is 2.33. The van der Waals surface area contributed by atoms with Gasteiger partial charge in [-0.3, -0.25) is 9.52 Å². The summed E-state index contributed by atoms with van der Waals surface area (Å²) in [6.45, 7) is 3.06. The highest BCUT2D eigenvalue weighted by atomic mass is 32.2. The number of benzene rings is 1. The maximum absolute atomic E-state index is 12.7. The smallest absolute Gasteiger partial charge is 0.338 e. The number of rotatable bonds is 7. The number of esters is 2. The third-order valence-corrected chi connectivity index (χ3v) is 7.03. The lowest BCUT2D eigenvalue weighted by atomic mass is 10.1. The number of anilines is 1. The molecule has 1 aromatic heterocycles. The first-order valence-electron chi connectivity index (χ1n) is 8.43. The summed E-state index contributed by atoms with van der Waals surface area (Å²) in [5.74, 6) is -2.67. The Hall–Kier alpha value is -3.12. The van der Waals surface area contributed by atoms with Gasteiger partial charge in [0, 0.05) is 11.8 Å². The minimum atomic E-state index is -4.14. The second-order valence-electron chi connectivity index (χ2n) is 6.08. The predicted molar refractivity (Wildman–Crippen MR) is 108 cm³/mol. The van der Waals surface area contributed by atoms with Crippen LogP contribution in [0.4, 0.5) is 5.69 Å². The summed E-state index contributed by atoms with van der Waals surface area (Å²) >= 11 is 0.929. The van der Waals surface area contributed by atoms with Gasteiger partial charge >= 0.3 is 11.9 Å². The highest BCUT2D eigenvalue weighted by Gasteiger charge is 2.25. The van der Waals surface area contributed by atoms with Gasteiger partial charge in [-0.15, -0.1) is 11.3 Å². The normalized spacial score (nSPS) is 12.0. The van der Waals surface area contributed by atoms with Crippen LogP contribution >= 0.6 is 11.3 Å². The van der Waals surface area contributed by atoms with Crippen LogP contribution in [0.2, 0.25) is 0 Å². The third kappa shape index (κ3) is 5.07. The number of phenols is 1. The number of ether oxygens (including phenoxy) is 2. The number of hydrogen-bond donors (Lipinski definition) is 3. The summed E-state index contributed by atoms with van der Waals surface area (Å²) in [6, 6.07) is 4.41. The molecule has 1 heterocycles. The number of carbonyl (C=O) groups is 3. The quantitative estimate of drug-likeness (QED) is 0.423. The van der Waals surface area contributed by atoms with Gasteiger partial charge in [0.15, 0.2) is 0 Å². The second kappa shape index (κ2) is 9.13. The number of amides is 1. The summed E-state index contributed by atoms with van der Waals surface area (Å²) in [7, 11) is -1.96. The van der Waals surface area contributed by atoms with E-state index in [2.05, 4.69) is 19.5 Å². The Morgan fingerprint density at radius 1 is 1.07 bits per heavy atom. The summed E-state index contributed by atoms with van der Waals surface area (Å²) in [4.78, 5) is 35.6. The van der Waals surface area contributed by atoms with Crippen molar-refractivity contribution in [2.75, 3.05) is 18.9 Å². The fourth-order valence-electron chi connectivity index (χ4n) is 2.51. The van der Waals surface area contributed by atoms with Crippen molar-refractivity contribution in [1.82, 2.24) is 5.32 Å². The summed E-state index contributed by atoms with van der Waals surface area (Å²) in [6.07, 6.45) is 0. The van der Waals surface area contributed by atoms with Gasteiger partial charge in [0.05, 0.1) is 37.1 Å². The molecule has 0 aliphatic carbocycles. The highest BCUT2D eigenvalue weighted by molar-refractivity contribution is 7.94. The van der Waals surface area contributed by atoms with Crippen molar-refractivity contribution in [2.45, 2.75) is 24.1 Å². The number of phenolic OH excluding ortho intramolecular Hbond substituents is 1. The molecule has 2 rings (SSSR count). The van der Waals surface area contributed by atoms with E-state index in [1.165, 1.54) is 13.0 Å². The first-order valence-corrected chi connectivity index (χ1v) is 10.7. The van der Waals surface area contributed by atoms with Crippen molar-refractivity contribution < 1.29 is 37.4 Å². The summed E-state index contributed by atoms with van der Waals surface area (Å²) < 4.78 is 36.7. The van der Waals surface area contributed by atoms with Gasteiger partial charge in [0.1, 0.15) is 9.96 Å². The number of nitrogens with one attached hydrogen (secondary N) is 2. The first-order chi connectivity index (χ1) is 14.0. The van der Waals surface area contributed by atoms with Crippen LogP contribution in [0.5, 0.6) is 5.75 Å². The monoisotopic (exact) mass is 456 g/mol. The van der Waals surface area contributed by atoms with Crippen molar-refractivity contribution in [3.05, 3.63) is 40.3 Å². The Morgan fingerprint density at radius 2 is 1.63 bits per heavy atom. The summed E-state index contributed by atoms with van der Waals surface area (Å²) in [5, 5.41) is 12.8. The van der Waals surface area contributed by atoms with Crippen LogP contribution in [0.3, 0.4) is 0 Å². The van der Waals surface area contributed by atoms with Crippen LogP contribution in [0, 0.1) is 0 Å². The molecule has 0 bridgehead atoms. The molecule has 3 N–H and O–H groups in total. The molecule has 0 saturated carbocycles. The molecule has 0 saturated heterocycles. The minimum Gasteiger partial charge on any atom is -0.506 e. The van der Waals surface area contributed by atoms with Crippen LogP contribution < -0.4 is 10.0 Å². The maximum Gasteiger partial charge on any atom is 0.338 e. The molecule has 0 radical (unpaired) electrons. The zero-order chi connectivity index (χ0) is 22.6. The van der Waals surface area contributed by atoms with Crippen LogP contribution in [0.1, 0.15) is 45.5 Å². The molecule has 1 amide bonds. The average Bonchev–Trinajstić information content (AvgIpc) is 3.18. The number of aromatic hydroxyl groups is 1. The average molecular weight is 456 g/mol. The fourth-order valence-corrected chi connectivity index (χ4v) is 4.90. The molecule has 162 valence electrons. The second-order valence-corrected chi connectivity index (χ2v) is 9.11. The lowest BCUT2D eigenvalue weighted by molar-refractivity contribution is -0.119. The number of carbonyl (C=O) groups excluding carboxylic acids is 3. The molecule has 1 atom stereocenters. The summed E-state index contributed by atoms with van der Waals surface area (Å²) in [5.41, 5.74) is -0.897. The molecule has 0 fully saturated rings. The van der Waals surface area contributed by atoms with Crippen molar-refractivity contribution in [3.8, 4) is 5.75 Å². The Labute approximate surface area is 176 Å². The van der Waals surface area contributed by atoms with Crippen LogP contribution in [0.15, 0.2) is 28.5 Å². The number of sulfonamides is 1. The van der Waals surface area contributed by atoms with E-state index in [4.69, 9.17) is 0 Å². The Morgan fingerprint density at radius 3 is 2.17 bits per heavy atom. The first kappa shape index (κ1) is 23.2. The van der Waals surface area contributed by atoms with Crippen LogP contribution in [-0.4, -0.2) is 45.6 Å². The number of thiophene rings is 1.